The number of carbonyl (C=O) groups excluding carboxylic acids is 2. The van der Waals surface area contributed by atoms with Gasteiger partial charge in [-0.2, -0.15) is 4.72 Å². The van der Waals surface area contributed by atoms with Crippen molar-refractivity contribution >= 4 is 27.6 Å². The van der Waals surface area contributed by atoms with E-state index in [4.69, 9.17) is 0 Å². The maximum atomic E-state index is 13.5. The molecule has 0 heterocycles. The quantitative estimate of drug-likeness (QED) is 0.685. The SMILES string of the molecule is O=C(COC(=O)CNS(=O)(=O)c1c(F)cccc1F)Nc1ccc(F)cc1. The van der Waals surface area contributed by atoms with E-state index in [0.29, 0.717) is 0 Å². The van der Waals surface area contributed by atoms with Gasteiger partial charge in [0.2, 0.25) is 10.0 Å². The minimum absolute atomic E-state index is 0.258. The number of hydrogen-bond acceptors (Lipinski definition) is 5. The van der Waals surface area contributed by atoms with Gasteiger partial charge in [0.25, 0.3) is 5.91 Å². The molecule has 2 aromatic carbocycles. The number of esters is 1. The van der Waals surface area contributed by atoms with E-state index in [2.05, 4.69) is 10.1 Å². The summed E-state index contributed by atoms with van der Waals surface area (Å²) in [5.41, 5.74) is 0.258. The first-order chi connectivity index (χ1) is 12.7. The molecule has 144 valence electrons. The van der Waals surface area contributed by atoms with Gasteiger partial charge in [-0.05, 0) is 36.4 Å². The maximum Gasteiger partial charge on any atom is 0.321 e. The highest BCUT2D eigenvalue weighted by Gasteiger charge is 2.24. The molecule has 2 rings (SSSR count). The van der Waals surface area contributed by atoms with Crippen molar-refractivity contribution in [2.45, 2.75) is 4.90 Å². The summed E-state index contributed by atoms with van der Waals surface area (Å²) in [4.78, 5) is 21.9. The van der Waals surface area contributed by atoms with E-state index >= 15 is 0 Å². The normalized spacial score (nSPS) is 11.1. The van der Waals surface area contributed by atoms with Crippen LogP contribution in [0.25, 0.3) is 0 Å². The van der Waals surface area contributed by atoms with E-state index in [1.165, 1.54) is 12.1 Å². The van der Waals surface area contributed by atoms with E-state index in [1.807, 2.05) is 0 Å². The van der Waals surface area contributed by atoms with Crippen LogP contribution in [-0.4, -0.2) is 33.4 Å². The molecule has 0 saturated carbocycles. The highest BCUT2D eigenvalue weighted by atomic mass is 32.2. The lowest BCUT2D eigenvalue weighted by atomic mass is 10.3. The van der Waals surface area contributed by atoms with Gasteiger partial charge in [0.15, 0.2) is 11.5 Å². The molecule has 7 nitrogen and oxygen atoms in total. The van der Waals surface area contributed by atoms with E-state index in [1.54, 1.807) is 4.72 Å². The molecular formula is C16H13F3N2O5S. The van der Waals surface area contributed by atoms with Gasteiger partial charge in [-0.3, -0.25) is 9.59 Å². The summed E-state index contributed by atoms with van der Waals surface area (Å²) in [6.45, 7) is -1.69. The summed E-state index contributed by atoms with van der Waals surface area (Å²) in [6.07, 6.45) is 0. The van der Waals surface area contributed by atoms with E-state index < -0.39 is 57.4 Å². The van der Waals surface area contributed by atoms with Crippen molar-refractivity contribution in [2.24, 2.45) is 0 Å². The van der Waals surface area contributed by atoms with Gasteiger partial charge >= 0.3 is 5.97 Å². The molecule has 27 heavy (non-hydrogen) atoms. The molecule has 11 heteroatoms. The molecule has 0 radical (unpaired) electrons. The summed E-state index contributed by atoms with van der Waals surface area (Å²) >= 11 is 0. The molecule has 0 atom stereocenters. The molecule has 2 aromatic rings. The third-order valence-corrected chi connectivity index (χ3v) is 4.54. The number of amides is 1. The van der Waals surface area contributed by atoms with Crippen molar-refractivity contribution < 1.29 is 35.9 Å². The number of rotatable bonds is 7. The standard InChI is InChI=1S/C16H13F3N2O5S/c17-10-4-6-11(7-5-10)21-14(22)9-26-15(23)8-20-27(24,25)16-12(18)2-1-3-13(16)19/h1-7,20H,8-9H2,(H,21,22). The molecule has 0 aliphatic rings. The molecule has 0 aliphatic heterocycles. The summed E-state index contributed by atoms with van der Waals surface area (Å²) in [6, 6.07) is 7.26. The average molecular weight is 402 g/mol. The van der Waals surface area contributed by atoms with Crippen LogP contribution >= 0.6 is 0 Å². The third-order valence-electron chi connectivity index (χ3n) is 3.09. The van der Waals surface area contributed by atoms with E-state index in [9.17, 15) is 31.2 Å². The van der Waals surface area contributed by atoms with E-state index in [-0.39, 0.29) is 5.69 Å². The number of sulfonamides is 1. The minimum Gasteiger partial charge on any atom is -0.455 e. The Morgan fingerprint density at radius 3 is 2.15 bits per heavy atom. The molecule has 0 aromatic heterocycles. The Morgan fingerprint density at radius 1 is 0.963 bits per heavy atom. The lowest BCUT2D eigenvalue weighted by Gasteiger charge is -2.09. The van der Waals surface area contributed by atoms with Crippen LogP contribution in [0, 0.1) is 17.5 Å². The van der Waals surface area contributed by atoms with Crippen molar-refractivity contribution in [2.75, 3.05) is 18.5 Å². The van der Waals surface area contributed by atoms with Crippen LogP contribution in [0.1, 0.15) is 0 Å². The first-order valence-corrected chi connectivity index (χ1v) is 8.82. The van der Waals surface area contributed by atoms with Crippen LogP contribution in [0.15, 0.2) is 47.4 Å². The Hall–Kier alpha value is -2.92. The predicted molar refractivity (Wildman–Crippen MR) is 87.5 cm³/mol. The molecule has 0 fully saturated rings. The lowest BCUT2D eigenvalue weighted by Crippen LogP contribution is -2.33. The van der Waals surface area contributed by atoms with Gasteiger partial charge in [-0.1, -0.05) is 6.07 Å². The highest BCUT2D eigenvalue weighted by molar-refractivity contribution is 7.89. The summed E-state index contributed by atoms with van der Waals surface area (Å²) in [5, 5.41) is 2.32. The van der Waals surface area contributed by atoms with Crippen LogP contribution in [-0.2, 0) is 24.3 Å². The van der Waals surface area contributed by atoms with Crippen molar-refractivity contribution in [3.05, 3.63) is 59.9 Å². The second kappa shape index (κ2) is 8.64. The molecule has 1 amide bonds. The predicted octanol–water partition coefficient (Wildman–Crippen LogP) is 1.56. The smallest absolute Gasteiger partial charge is 0.321 e. The second-order valence-electron chi connectivity index (χ2n) is 5.09. The molecule has 0 spiro atoms. The third kappa shape index (κ3) is 5.79. The fourth-order valence-corrected chi connectivity index (χ4v) is 2.99. The number of halogens is 3. The Morgan fingerprint density at radius 2 is 1.56 bits per heavy atom. The van der Waals surface area contributed by atoms with Crippen LogP contribution < -0.4 is 10.0 Å². The Kier molecular flexibility index (Phi) is 6.53. The number of ether oxygens (including phenoxy) is 1. The van der Waals surface area contributed by atoms with Crippen LogP contribution in [0.3, 0.4) is 0 Å². The van der Waals surface area contributed by atoms with Crippen molar-refractivity contribution in [1.29, 1.82) is 0 Å². The van der Waals surface area contributed by atoms with Gasteiger partial charge in [0.1, 0.15) is 24.0 Å². The maximum absolute atomic E-state index is 13.5. The number of benzene rings is 2. The topological polar surface area (TPSA) is 102 Å². The van der Waals surface area contributed by atoms with Crippen LogP contribution in [0.2, 0.25) is 0 Å². The number of carbonyl (C=O) groups is 2. The van der Waals surface area contributed by atoms with Crippen molar-refractivity contribution in [3.8, 4) is 0 Å². The first kappa shape index (κ1) is 20.4. The fourth-order valence-electron chi connectivity index (χ4n) is 1.89. The van der Waals surface area contributed by atoms with Crippen LogP contribution in [0.5, 0.6) is 0 Å². The van der Waals surface area contributed by atoms with Crippen molar-refractivity contribution in [1.82, 2.24) is 4.72 Å². The Bertz CT molecular complexity index is 929. The number of anilines is 1. The molecule has 0 bridgehead atoms. The number of nitrogens with one attached hydrogen (secondary N) is 2. The van der Waals surface area contributed by atoms with Gasteiger partial charge in [0, 0.05) is 5.69 Å². The number of hydrogen-bond donors (Lipinski definition) is 2. The van der Waals surface area contributed by atoms with E-state index in [0.717, 1.165) is 30.3 Å². The minimum atomic E-state index is -4.64. The zero-order valence-electron chi connectivity index (χ0n) is 13.5. The van der Waals surface area contributed by atoms with Gasteiger partial charge in [0.05, 0.1) is 0 Å². The van der Waals surface area contributed by atoms with Gasteiger partial charge in [-0.15, -0.1) is 0 Å². The Labute approximate surface area is 152 Å². The summed E-state index contributed by atoms with van der Waals surface area (Å²) in [5.74, 6) is -5.05. The average Bonchev–Trinajstić information content (AvgIpc) is 2.60. The molecule has 0 unspecified atom stereocenters. The molecular weight excluding hydrogens is 389 g/mol. The van der Waals surface area contributed by atoms with Crippen LogP contribution in [0.4, 0.5) is 18.9 Å². The van der Waals surface area contributed by atoms with Gasteiger partial charge < -0.3 is 10.1 Å². The first-order valence-electron chi connectivity index (χ1n) is 7.34. The highest BCUT2D eigenvalue weighted by Crippen LogP contribution is 2.17. The monoisotopic (exact) mass is 402 g/mol. The summed E-state index contributed by atoms with van der Waals surface area (Å²) < 4.78 is 69.7. The lowest BCUT2D eigenvalue weighted by molar-refractivity contribution is -0.146. The zero-order valence-corrected chi connectivity index (χ0v) is 14.4. The molecule has 0 aliphatic carbocycles. The zero-order chi connectivity index (χ0) is 20.0. The largest absolute Gasteiger partial charge is 0.455 e. The van der Waals surface area contributed by atoms with Crippen molar-refractivity contribution in [3.63, 3.8) is 0 Å². The second-order valence-corrected chi connectivity index (χ2v) is 6.79. The Balaban J connectivity index is 1.85. The fraction of sp³-hybridized carbons (Fsp3) is 0.125. The molecule has 0 saturated heterocycles. The van der Waals surface area contributed by atoms with Gasteiger partial charge in [-0.25, -0.2) is 21.6 Å². The molecule has 2 N–H and O–H groups in total. The summed E-state index contributed by atoms with van der Waals surface area (Å²) in [7, 11) is -4.64.